The van der Waals surface area contributed by atoms with Crippen molar-refractivity contribution < 1.29 is 9.53 Å². The van der Waals surface area contributed by atoms with E-state index >= 15 is 0 Å². The van der Waals surface area contributed by atoms with Crippen LogP contribution in [0.1, 0.15) is 24.0 Å². The topological polar surface area (TPSA) is 66.2 Å². The van der Waals surface area contributed by atoms with E-state index in [2.05, 4.69) is 11.1 Å². The van der Waals surface area contributed by atoms with Crippen molar-refractivity contribution in [3.8, 4) is 11.8 Å². The van der Waals surface area contributed by atoms with Crippen LogP contribution < -0.4 is 4.74 Å². The Labute approximate surface area is 164 Å². The molecule has 1 atom stereocenters. The van der Waals surface area contributed by atoms with Crippen LogP contribution in [0.25, 0.3) is 10.9 Å². The number of aromatic nitrogens is 1. The summed E-state index contributed by atoms with van der Waals surface area (Å²) < 4.78 is 6.17. The van der Waals surface area contributed by atoms with Crippen molar-refractivity contribution in [3.63, 3.8) is 0 Å². The van der Waals surface area contributed by atoms with Gasteiger partial charge in [-0.05, 0) is 36.2 Å². The van der Waals surface area contributed by atoms with E-state index < -0.39 is 0 Å². The third kappa shape index (κ3) is 3.96. The molecule has 1 saturated heterocycles. The highest BCUT2D eigenvalue weighted by Gasteiger charge is 2.27. The lowest BCUT2D eigenvalue weighted by Crippen LogP contribution is -2.31. The predicted molar refractivity (Wildman–Crippen MR) is 107 cm³/mol. The van der Waals surface area contributed by atoms with E-state index in [1.165, 1.54) is 0 Å². The summed E-state index contributed by atoms with van der Waals surface area (Å²) in [5.74, 6) is 0.918. The summed E-state index contributed by atoms with van der Waals surface area (Å²) in [6, 6.07) is 19.4. The molecule has 4 rings (SSSR count). The number of rotatable bonds is 5. The van der Waals surface area contributed by atoms with Gasteiger partial charge in [-0.15, -0.1) is 0 Å². The summed E-state index contributed by atoms with van der Waals surface area (Å²) in [6.45, 7) is 1.32. The number of carbonyl (C=O) groups excluding carboxylic acids is 1. The van der Waals surface area contributed by atoms with E-state index in [1.807, 2.05) is 47.4 Å². The van der Waals surface area contributed by atoms with Gasteiger partial charge < -0.3 is 9.64 Å². The van der Waals surface area contributed by atoms with Crippen LogP contribution in [-0.2, 0) is 11.2 Å². The molecule has 3 aromatic rings. The van der Waals surface area contributed by atoms with Crippen LogP contribution in [0.2, 0.25) is 0 Å². The molecule has 0 N–H and O–H groups in total. The number of nitrogens with zero attached hydrogens (tertiary/aromatic N) is 3. The van der Waals surface area contributed by atoms with E-state index in [-0.39, 0.29) is 12.0 Å². The van der Waals surface area contributed by atoms with E-state index in [4.69, 9.17) is 10.00 Å². The number of likely N-dealkylation sites (tertiary alicyclic amines) is 1. The Kier molecular flexibility index (Phi) is 5.20. The predicted octanol–water partition coefficient (Wildman–Crippen LogP) is 3.72. The monoisotopic (exact) mass is 371 g/mol. The molecule has 1 unspecified atom stereocenters. The van der Waals surface area contributed by atoms with Gasteiger partial charge in [-0.25, -0.2) is 0 Å². The fraction of sp³-hybridized carbons (Fsp3) is 0.261. The van der Waals surface area contributed by atoms with E-state index in [9.17, 15) is 4.79 Å². The minimum absolute atomic E-state index is 0.00790. The number of hydrogen-bond donors (Lipinski definition) is 0. The molecule has 28 heavy (non-hydrogen) atoms. The third-order valence-corrected chi connectivity index (χ3v) is 5.10. The number of amides is 1. The third-order valence-electron chi connectivity index (χ3n) is 5.10. The summed E-state index contributed by atoms with van der Waals surface area (Å²) in [4.78, 5) is 18.9. The second-order valence-corrected chi connectivity index (χ2v) is 7.01. The molecule has 140 valence electrons. The van der Waals surface area contributed by atoms with Crippen LogP contribution in [-0.4, -0.2) is 35.0 Å². The Bertz CT molecular complexity index is 1020. The lowest BCUT2D eigenvalue weighted by molar-refractivity contribution is -0.130. The number of hydrogen-bond acceptors (Lipinski definition) is 4. The normalized spacial score (nSPS) is 16.1. The van der Waals surface area contributed by atoms with Crippen molar-refractivity contribution >= 4 is 16.8 Å². The molecule has 1 aromatic heterocycles. The van der Waals surface area contributed by atoms with Gasteiger partial charge in [0.05, 0.1) is 18.2 Å². The number of benzene rings is 2. The fourth-order valence-corrected chi connectivity index (χ4v) is 3.56. The van der Waals surface area contributed by atoms with Gasteiger partial charge in [0.2, 0.25) is 5.91 Å². The Morgan fingerprint density at radius 1 is 1.18 bits per heavy atom. The molecule has 1 aliphatic heterocycles. The first-order valence-corrected chi connectivity index (χ1v) is 9.50. The smallest absolute Gasteiger partial charge is 0.223 e. The van der Waals surface area contributed by atoms with Gasteiger partial charge in [0.25, 0.3) is 0 Å². The van der Waals surface area contributed by atoms with Crippen LogP contribution in [0.4, 0.5) is 0 Å². The minimum Gasteiger partial charge on any atom is -0.486 e. The highest BCUT2D eigenvalue weighted by Crippen LogP contribution is 2.26. The van der Waals surface area contributed by atoms with Gasteiger partial charge in [-0.1, -0.05) is 30.3 Å². The first-order chi connectivity index (χ1) is 13.7. The Hall–Kier alpha value is -3.39. The van der Waals surface area contributed by atoms with Gasteiger partial charge in [0.1, 0.15) is 17.4 Å². The number of aryl methyl sites for hydroxylation is 1. The molecular weight excluding hydrogens is 350 g/mol. The first kappa shape index (κ1) is 18.0. The molecular formula is C23H21N3O2. The van der Waals surface area contributed by atoms with Crippen molar-refractivity contribution in [2.75, 3.05) is 13.1 Å². The van der Waals surface area contributed by atoms with Gasteiger partial charge >= 0.3 is 0 Å². The van der Waals surface area contributed by atoms with E-state index in [0.29, 0.717) is 24.9 Å². The van der Waals surface area contributed by atoms with Crippen molar-refractivity contribution in [3.05, 3.63) is 71.9 Å². The van der Waals surface area contributed by atoms with Gasteiger partial charge in [-0.2, -0.15) is 5.26 Å². The quantitative estimate of drug-likeness (QED) is 0.686. The van der Waals surface area contributed by atoms with Gasteiger partial charge in [0.15, 0.2) is 0 Å². The second kappa shape index (κ2) is 8.10. The minimum atomic E-state index is -0.00790. The maximum Gasteiger partial charge on any atom is 0.223 e. The molecule has 0 spiro atoms. The molecule has 0 aliphatic carbocycles. The molecule has 0 bridgehead atoms. The summed E-state index contributed by atoms with van der Waals surface area (Å²) in [5.41, 5.74) is 2.56. The number of carbonyl (C=O) groups is 1. The SMILES string of the molecule is N#Cc1ccc(CCC(=O)N2CCC(Oc3cccc4cccnc34)C2)cc1. The Balaban J connectivity index is 1.33. The molecule has 0 saturated carbocycles. The summed E-state index contributed by atoms with van der Waals surface area (Å²) >= 11 is 0. The van der Waals surface area contributed by atoms with E-state index in [0.717, 1.165) is 35.2 Å². The summed E-state index contributed by atoms with van der Waals surface area (Å²) in [6.07, 6.45) is 3.73. The number of ether oxygens (including phenoxy) is 1. The van der Waals surface area contributed by atoms with E-state index in [1.54, 1.807) is 18.3 Å². The van der Waals surface area contributed by atoms with Crippen LogP contribution in [0.3, 0.4) is 0 Å². The Morgan fingerprint density at radius 2 is 2.00 bits per heavy atom. The van der Waals surface area contributed by atoms with Gasteiger partial charge in [0, 0.05) is 31.0 Å². The number of para-hydroxylation sites is 1. The molecule has 0 radical (unpaired) electrons. The van der Waals surface area contributed by atoms with Crippen molar-refractivity contribution in [1.29, 1.82) is 5.26 Å². The maximum absolute atomic E-state index is 12.6. The highest BCUT2D eigenvalue weighted by molar-refractivity contribution is 5.84. The highest BCUT2D eigenvalue weighted by atomic mass is 16.5. The number of pyridine rings is 1. The second-order valence-electron chi connectivity index (χ2n) is 7.01. The molecule has 2 heterocycles. The van der Waals surface area contributed by atoms with Crippen molar-refractivity contribution in [1.82, 2.24) is 9.88 Å². The fourth-order valence-electron chi connectivity index (χ4n) is 3.56. The van der Waals surface area contributed by atoms with Gasteiger partial charge in [-0.3, -0.25) is 9.78 Å². The zero-order valence-electron chi connectivity index (χ0n) is 15.5. The molecule has 5 heteroatoms. The zero-order valence-corrected chi connectivity index (χ0v) is 15.5. The van der Waals surface area contributed by atoms with Crippen molar-refractivity contribution in [2.45, 2.75) is 25.4 Å². The molecule has 1 amide bonds. The standard InChI is InChI=1S/C23H21N3O2/c24-15-18-8-6-17(7-9-18)10-11-22(27)26-14-12-20(16-26)28-21-5-1-3-19-4-2-13-25-23(19)21/h1-9,13,20H,10-12,14,16H2. The first-order valence-electron chi connectivity index (χ1n) is 9.50. The number of nitriles is 1. The molecule has 1 fully saturated rings. The average Bonchev–Trinajstić information content (AvgIpc) is 3.21. The average molecular weight is 371 g/mol. The van der Waals surface area contributed by atoms with Crippen LogP contribution in [0.5, 0.6) is 5.75 Å². The summed E-state index contributed by atoms with van der Waals surface area (Å²) in [5, 5.41) is 9.90. The number of fused-ring (bicyclic) bond motifs is 1. The molecule has 1 aliphatic rings. The lowest BCUT2D eigenvalue weighted by atomic mass is 10.1. The largest absolute Gasteiger partial charge is 0.486 e. The lowest BCUT2D eigenvalue weighted by Gasteiger charge is -2.18. The Morgan fingerprint density at radius 3 is 2.82 bits per heavy atom. The summed E-state index contributed by atoms with van der Waals surface area (Å²) in [7, 11) is 0. The van der Waals surface area contributed by atoms with Crippen LogP contribution in [0, 0.1) is 11.3 Å². The van der Waals surface area contributed by atoms with Crippen LogP contribution >= 0.6 is 0 Å². The van der Waals surface area contributed by atoms with Crippen molar-refractivity contribution in [2.24, 2.45) is 0 Å². The maximum atomic E-state index is 12.6. The molecule has 5 nitrogen and oxygen atoms in total. The molecule has 2 aromatic carbocycles. The van der Waals surface area contributed by atoms with Crippen LogP contribution in [0.15, 0.2) is 60.8 Å². The zero-order chi connectivity index (χ0) is 19.3.